The first-order valence-electron chi connectivity index (χ1n) is 13.9. The van der Waals surface area contributed by atoms with Crippen LogP contribution in [0.3, 0.4) is 0 Å². The van der Waals surface area contributed by atoms with E-state index in [1.165, 1.54) is 6.07 Å². The molecule has 0 unspecified atom stereocenters. The molecule has 0 aliphatic heterocycles. The molecule has 2 aliphatic carbocycles. The molecule has 0 radical (unpaired) electrons. The van der Waals surface area contributed by atoms with Gasteiger partial charge >= 0.3 is 0 Å². The number of anilines is 1. The van der Waals surface area contributed by atoms with Gasteiger partial charge in [0.15, 0.2) is 0 Å². The highest BCUT2D eigenvalue weighted by molar-refractivity contribution is 7.89. The normalized spacial score (nSPS) is 19.9. The van der Waals surface area contributed by atoms with Gasteiger partial charge in [0.2, 0.25) is 15.9 Å². The van der Waals surface area contributed by atoms with Crippen molar-refractivity contribution in [3.63, 3.8) is 0 Å². The van der Waals surface area contributed by atoms with Crippen molar-refractivity contribution in [3.05, 3.63) is 113 Å². The quantitative estimate of drug-likeness (QED) is 0.300. The Labute approximate surface area is 240 Å². The lowest BCUT2D eigenvalue weighted by Gasteiger charge is -2.29. The highest BCUT2D eigenvalue weighted by atomic mass is 32.2. The Hall–Kier alpha value is -3.82. The monoisotopic (exact) mass is 572 g/mol. The van der Waals surface area contributed by atoms with Gasteiger partial charge in [-0.1, -0.05) is 36.4 Å². The Kier molecular flexibility index (Phi) is 7.25. The Bertz CT molecular complexity index is 1720. The molecule has 212 valence electrons. The van der Waals surface area contributed by atoms with E-state index in [-0.39, 0.29) is 35.0 Å². The lowest BCUT2D eigenvalue weighted by Crippen LogP contribution is -2.34. The predicted molar refractivity (Wildman–Crippen MR) is 155 cm³/mol. The standard InChI is InChI=1S/C32H33FN4O3S/c1-21-7-5-9-24(17-21)41(39,40)35-30-12-6-8-22-13-14-23(18-26(22)30)37(20-31-34-15-16-36(31)2)32(38)28-19-27(28)25-10-3-4-11-29(25)33/h3-5,7,9-11,13-18,27-28,30,35H,6,8,12,19-20H2,1-2H3/t27-,28-,30+/m1/s1. The third-order valence-corrected chi connectivity index (χ3v) is 9.72. The second-order valence-corrected chi connectivity index (χ2v) is 12.8. The minimum absolute atomic E-state index is 0.0890. The molecule has 9 heteroatoms. The van der Waals surface area contributed by atoms with Crippen LogP contribution in [0.5, 0.6) is 0 Å². The zero-order valence-electron chi connectivity index (χ0n) is 23.1. The number of hydrogen-bond donors (Lipinski definition) is 1. The number of benzene rings is 3. The molecule has 0 spiro atoms. The molecule has 2 aliphatic rings. The highest BCUT2D eigenvalue weighted by Crippen LogP contribution is 2.50. The number of nitrogens with zero attached hydrogens (tertiary/aromatic N) is 3. The first-order chi connectivity index (χ1) is 19.7. The van der Waals surface area contributed by atoms with Gasteiger partial charge in [-0.25, -0.2) is 22.5 Å². The van der Waals surface area contributed by atoms with Gasteiger partial charge in [-0.3, -0.25) is 4.79 Å². The van der Waals surface area contributed by atoms with Crippen LogP contribution in [0.2, 0.25) is 0 Å². The van der Waals surface area contributed by atoms with Gasteiger partial charge in [-0.15, -0.1) is 0 Å². The second-order valence-electron chi connectivity index (χ2n) is 11.1. The van der Waals surface area contributed by atoms with Gasteiger partial charge in [0.05, 0.1) is 11.4 Å². The molecule has 1 N–H and O–H groups in total. The number of carbonyl (C=O) groups excluding carboxylic acids is 1. The van der Waals surface area contributed by atoms with Crippen LogP contribution in [0.25, 0.3) is 0 Å². The van der Waals surface area contributed by atoms with Crippen LogP contribution in [0.4, 0.5) is 10.1 Å². The van der Waals surface area contributed by atoms with E-state index in [0.29, 0.717) is 24.1 Å². The Balaban J connectivity index is 1.32. The van der Waals surface area contributed by atoms with Crippen LogP contribution < -0.4 is 9.62 Å². The van der Waals surface area contributed by atoms with E-state index in [0.717, 1.165) is 35.4 Å². The third kappa shape index (κ3) is 5.56. The van der Waals surface area contributed by atoms with Crippen molar-refractivity contribution in [1.82, 2.24) is 14.3 Å². The van der Waals surface area contributed by atoms with Crippen molar-refractivity contribution in [2.45, 2.75) is 56.0 Å². The average molecular weight is 573 g/mol. The van der Waals surface area contributed by atoms with E-state index in [1.807, 2.05) is 49.0 Å². The number of carbonyl (C=O) groups is 1. The summed E-state index contributed by atoms with van der Waals surface area (Å²) in [6, 6.07) is 19.0. The van der Waals surface area contributed by atoms with Crippen molar-refractivity contribution in [2.24, 2.45) is 13.0 Å². The van der Waals surface area contributed by atoms with Gasteiger partial charge in [0.1, 0.15) is 11.6 Å². The summed E-state index contributed by atoms with van der Waals surface area (Å²) in [5, 5.41) is 0. The number of nitrogens with one attached hydrogen (secondary N) is 1. The molecule has 3 aromatic carbocycles. The van der Waals surface area contributed by atoms with Crippen molar-refractivity contribution in [3.8, 4) is 0 Å². The minimum atomic E-state index is -3.75. The van der Waals surface area contributed by atoms with Gasteiger partial charge in [0, 0.05) is 37.1 Å². The maximum atomic E-state index is 14.5. The Morgan fingerprint density at radius 3 is 2.68 bits per heavy atom. The molecular weight excluding hydrogens is 539 g/mol. The summed E-state index contributed by atoms with van der Waals surface area (Å²) < 4.78 is 46.0. The van der Waals surface area contributed by atoms with Crippen LogP contribution in [0.15, 0.2) is 84.0 Å². The number of aryl methyl sites for hydroxylation is 3. The number of amides is 1. The maximum Gasteiger partial charge on any atom is 0.241 e. The van der Waals surface area contributed by atoms with E-state index < -0.39 is 16.1 Å². The molecule has 1 saturated carbocycles. The minimum Gasteiger partial charge on any atom is -0.337 e. The SMILES string of the molecule is Cc1cccc(S(=O)(=O)N[C@H]2CCCc3ccc(N(Cc4nccn4C)C(=O)[C@@H]4C[C@@H]4c4ccccc4F)cc32)c1. The molecule has 0 saturated heterocycles. The van der Waals surface area contributed by atoms with Crippen molar-refractivity contribution in [2.75, 3.05) is 4.90 Å². The fraction of sp³-hybridized carbons (Fsp3) is 0.312. The number of rotatable bonds is 8. The number of halogens is 1. The number of aromatic nitrogens is 2. The summed E-state index contributed by atoms with van der Waals surface area (Å²) in [5.41, 5.74) is 4.06. The van der Waals surface area contributed by atoms with Crippen LogP contribution in [-0.4, -0.2) is 23.9 Å². The molecule has 41 heavy (non-hydrogen) atoms. The fourth-order valence-corrected chi connectivity index (χ4v) is 7.24. The maximum absolute atomic E-state index is 14.5. The molecule has 1 fully saturated rings. The molecule has 4 aromatic rings. The van der Waals surface area contributed by atoms with E-state index >= 15 is 0 Å². The summed E-state index contributed by atoms with van der Waals surface area (Å²) in [4.78, 5) is 20.4. The second kappa shape index (κ2) is 10.9. The van der Waals surface area contributed by atoms with Crippen molar-refractivity contribution < 1.29 is 17.6 Å². The predicted octanol–water partition coefficient (Wildman–Crippen LogP) is 5.56. The lowest BCUT2D eigenvalue weighted by molar-refractivity contribution is -0.120. The Morgan fingerprint density at radius 2 is 1.93 bits per heavy atom. The summed E-state index contributed by atoms with van der Waals surface area (Å²) >= 11 is 0. The van der Waals surface area contributed by atoms with Gasteiger partial charge < -0.3 is 9.47 Å². The molecule has 3 atom stereocenters. The van der Waals surface area contributed by atoms with Gasteiger partial charge in [-0.2, -0.15) is 0 Å². The summed E-state index contributed by atoms with van der Waals surface area (Å²) in [6.45, 7) is 2.12. The largest absolute Gasteiger partial charge is 0.337 e. The number of hydrogen-bond acceptors (Lipinski definition) is 4. The first kappa shape index (κ1) is 27.4. The zero-order valence-corrected chi connectivity index (χ0v) is 23.9. The highest BCUT2D eigenvalue weighted by Gasteiger charge is 2.47. The molecule has 1 amide bonds. The van der Waals surface area contributed by atoms with Gasteiger partial charge in [-0.05, 0) is 91.1 Å². The van der Waals surface area contributed by atoms with E-state index in [2.05, 4.69) is 9.71 Å². The molecule has 0 bridgehead atoms. The Morgan fingerprint density at radius 1 is 1.10 bits per heavy atom. The van der Waals surface area contributed by atoms with Crippen molar-refractivity contribution in [1.29, 1.82) is 0 Å². The fourth-order valence-electron chi connectivity index (χ4n) is 5.89. The molecule has 1 aromatic heterocycles. The zero-order chi connectivity index (χ0) is 28.7. The average Bonchev–Trinajstić information content (AvgIpc) is 3.65. The van der Waals surface area contributed by atoms with Gasteiger partial charge in [0.25, 0.3) is 0 Å². The molecule has 6 rings (SSSR count). The van der Waals surface area contributed by atoms with Crippen LogP contribution >= 0.6 is 0 Å². The third-order valence-electron chi connectivity index (χ3n) is 8.25. The summed E-state index contributed by atoms with van der Waals surface area (Å²) in [6.07, 6.45) is 6.47. The topological polar surface area (TPSA) is 84.3 Å². The van der Waals surface area contributed by atoms with Crippen LogP contribution in [-0.2, 0) is 34.8 Å². The lowest BCUT2D eigenvalue weighted by atomic mass is 9.87. The summed E-state index contributed by atoms with van der Waals surface area (Å²) in [5.74, 6) is -0.163. The van der Waals surface area contributed by atoms with Crippen molar-refractivity contribution >= 4 is 21.6 Å². The number of sulfonamides is 1. The van der Waals surface area contributed by atoms with Crippen LogP contribution in [0.1, 0.15) is 59.3 Å². The molecule has 7 nitrogen and oxygen atoms in total. The van der Waals surface area contributed by atoms with E-state index in [4.69, 9.17) is 0 Å². The molecule has 1 heterocycles. The summed E-state index contributed by atoms with van der Waals surface area (Å²) in [7, 11) is -1.86. The first-order valence-corrected chi connectivity index (χ1v) is 15.4. The number of imidazole rings is 1. The van der Waals surface area contributed by atoms with E-state index in [1.54, 1.807) is 47.5 Å². The molecular formula is C32H33FN4O3S. The van der Waals surface area contributed by atoms with E-state index in [9.17, 15) is 17.6 Å². The van der Waals surface area contributed by atoms with Crippen LogP contribution in [0, 0.1) is 18.7 Å². The number of fused-ring (bicyclic) bond motifs is 1. The smallest absolute Gasteiger partial charge is 0.241 e.